The molecule has 0 saturated heterocycles. The lowest BCUT2D eigenvalue weighted by atomic mass is 9.95. The van der Waals surface area contributed by atoms with Gasteiger partial charge in [-0.3, -0.25) is 0 Å². The first-order chi connectivity index (χ1) is 17.6. The molecule has 0 aromatic heterocycles. The van der Waals surface area contributed by atoms with Gasteiger partial charge < -0.3 is 14.2 Å². The molecule has 4 rings (SSSR count). The Morgan fingerprint density at radius 3 is 1.78 bits per heavy atom. The zero-order valence-corrected chi connectivity index (χ0v) is 20.8. The quantitative estimate of drug-likeness (QED) is 0.206. The first-order valence-electron chi connectivity index (χ1n) is 12.4. The molecule has 0 fully saturated rings. The van der Waals surface area contributed by atoms with Crippen molar-refractivity contribution in [1.82, 2.24) is 0 Å². The van der Waals surface area contributed by atoms with Gasteiger partial charge in [-0.1, -0.05) is 105 Å². The van der Waals surface area contributed by atoms with E-state index in [4.69, 9.17) is 14.2 Å². The smallest absolute Gasteiger partial charge is 0.338 e. The fourth-order valence-electron chi connectivity index (χ4n) is 3.89. The fraction of sp³-hybridized carbons (Fsp3) is 0.219. The summed E-state index contributed by atoms with van der Waals surface area (Å²) in [6, 6.07) is 35.0. The summed E-state index contributed by atoms with van der Waals surface area (Å²) in [6.45, 7) is 4.96. The van der Waals surface area contributed by atoms with Gasteiger partial charge in [0.2, 0.25) is 0 Å². The van der Waals surface area contributed by atoms with Crippen LogP contribution in [0.1, 0.15) is 53.4 Å². The Hall–Kier alpha value is -4.05. The van der Waals surface area contributed by atoms with Crippen LogP contribution < -0.4 is 9.47 Å². The van der Waals surface area contributed by atoms with Crippen LogP contribution in [0.4, 0.5) is 0 Å². The molecule has 2 atom stereocenters. The average Bonchev–Trinajstić information content (AvgIpc) is 2.95. The van der Waals surface area contributed by atoms with Crippen molar-refractivity contribution in [2.45, 2.75) is 39.6 Å². The molecule has 0 N–H and O–H groups in total. The molecule has 36 heavy (non-hydrogen) atoms. The third-order valence-electron chi connectivity index (χ3n) is 6.18. The predicted octanol–water partition coefficient (Wildman–Crippen LogP) is 7.79. The van der Waals surface area contributed by atoms with Gasteiger partial charge in [0.15, 0.2) is 11.5 Å². The zero-order valence-electron chi connectivity index (χ0n) is 20.8. The molecule has 4 aromatic carbocycles. The van der Waals surface area contributed by atoms with Crippen LogP contribution in [0, 0.1) is 5.92 Å². The lowest BCUT2D eigenvalue weighted by molar-refractivity contribution is 0.0148. The number of hydrogen-bond donors (Lipinski definition) is 0. The Morgan fingerprint density at radius 2 is 1.22 bits per heavy atom. The second kappa shape index (κ2) is 12.6. The van der Waals surface area contributed by atoms with Crippen LogP contribution in [0.5, 0.6) is 11.5 Å². The molecule has 0 spiro atoms. The van der Waals surface area contributed by atoms with E-state index in [9.17, 15) is 4.79 Å². The normalized spacial score (nSPS) is 12.4. The van der Waals surface area contributed by atoms with Crippen molar-refractivity contribution in [2.75, 3.05) is 0 Å². The second-order valence-corrected chi connectivity index (χ2v) is 8.83. The van der Waals surface area contributed by atoms with Crippen LogP contribution >= 0.6 is 0 Å². The summed E-state index contributed by atoms with van der Waals surface area (Å²) in [6.07, 6.45) is 0.566. The van der Waals surface area contributed by atoms with Crippen LogP contribution in [0.15, 0.2) is 109 Å². The van der Waals surface area contributed by atoms with E-state index in [0.29, 0.717) is 30.3 Å². The van der Waals surface area contributed by atoms with Crippen molar-refractivity contribution in [2.24, 2.45) is 5.92 Å². The summed E-state index contributed by atoms with van der Waals surface area (Å²) < 4.78 is 18.2. The lowest BCUT2D eigenvalue weighted by Crippen LogP contribution is -2.18. The molecule has 0 heterocycles. The van der Waals surface area contributed by atoms with Crippen molar-refractivity contribution in [3.63, 3.8) is 0 Å². The Kier molecular flexibility index (Phi) is 8.77. The number of carbonyl (C=O) groups excluding carboxylic acids is 1. The van der Waals surface area contributed by atoms with E-state index in [-0.39, 0.29) is 18.0 Å². The zero-order chi connectivity index (χ0) is 25.2. The highest BCUT2D eigenvalue weighted by molar-refractivity contribution is 5.90. The molecule has 0 aliphatic rings. The van der Waals surface area contributed by atoms with Crippen molar-refractivity contribution in [3.05, 3.63) is 131 Å². The first-order valence-corrected chi connectivity index (χ1v) is 12.4. The maximum Gasteiger partial charge on any atom is 0.338 e. The molecule has 0 radical (unpaired) electrons. The maximum absolute atomic E-state index is 13.2. The Labute approximate surface area is 213 Å². The van der Waals surface area contributed by atoms with Gasteiger partial charge in [-0.05, 0) is 47.2 Å². The van der Waals surface area contributed by atoms with Crippen LogP contribution in [0.3, 0.4) is 0 Å². The number of ether oxygens (including phenoxy) is 3. The van der Waals surface area contributed by atoms with Crippen LogP contribution in [0.2, 0.25) is 0 Å². The highest BCUT2D eigenvalue weighted by Crippen LogP contribution is 2.33. The van der Waals surface area contributed by atoms with Gasteiger partial charge in [-0.15, -0.1) is 0 Å². The molecule has 184 valence electrons. The molecule has 0 bridgehead atoms. The topological polar surface area (TPSA) is 44.8 Å². The van der Waals surface area contributed by atoms with E-state index < -0.39 is 0 Å². The Balaban J connectivity index is 1.55. The van der Waals surface area contributed by atoms with Gasteiger partial charge >= 0.3 is 5.97 Å². The van der Waals surface area contributed by atoms with Crippen molar-refractivity contribution in [1.29, 1.82) is 0 Å². The highest BCUT2D eigenvalue weighted by atomic mass is 16.5. The molecule has 0 saturated carbocycles. The molecule has 0 amide bonds. The third-order valence-corrected chi connectivity index (χ3v) is 6.18. The minimum absolute atomic E-state index is 0.179. The minimum atomic E-state index is -0.386. The summed E-state index contributed by atoms with van der Waals surface area (Å²) in [4.78, 5) is 13.2. The number of esters is 1. The Morgan fingerprint density at radius 1 is 0.694 bits per heavy atom. The summed E-state index contributed by atoms with van der Waals surface area (Å²) in [5.41, 5.74) is 3.49. The van der Waals surface area contributed by atoms with Gasteiger partial charge in [0.05, 0.1) is 5.56 Å². The second-order valence-electron chi connectivity index (χ2n) is 8.83. The molecular formula is C32H32O4. The summed E-state index contributed by atoms with van der Waals surface area (Å²) >= 11 is 0. The first kappa shape index (κ1) is 25.1. The van der Waals surface area contributed by atoms with E-state index in [1.165, 1.54) is 0 Å². The largest absolute Gasteiger partial charge is 0.485 e. The highest BCUT2D eigenvalue weighted by Gasteiger charge is 2.24. The van der Waals surface area contributed by atoms with Crippen LogP contribution in [0.25, 0.3) is 0 Å². The summed E-state index contributed by atoms with van der Waals surface area (Å²) in [5, 5.41) is 0. The van der Waals surface area contributed by atoms with Gasteiger partial charge in [0.1, 0.15) is 19.3 Å². The van der Waals surface area contributed by atoms with E-state index in [0.717, 1.165) is 23.1 Å². The number of hydrogen-bond acceptors (Lipinski definition) is 4. The van der Waals surface area contributed by atoms with Crippen molar-refractivity contribution < 1.29 is 19.0 Å². The summed E-state index contributed by atoms with van der Waals surface area (Å²) in [5.74, 6) is 0.874. The molecule has 4 aromatic rings. The van der Waals surface area contributed by atoms with Gasteiger partial charge in [0, 0.05) is 0 Å². The standard InChI is InChI=1S/C32H32O4/c1-3-24(2)31(27-17-11-6-12-18-27)36-32(33)28-19-20-29(34-22-25-13-7-4-8-14-25)30(21-28)35-23-26-15-9-5-10-16-26/h4-21,24,31H,3,22-23H2,1-2H3/t24-,31+/m0/s1. The van der Waals surface area contributed by atoms with E-state index in [1.807, 2.05) is 91.0 Å². The maximum atomic E-state index is 13.2. The third kappa shape index (κ3) is 6.76. The van der Waals surface area contributed by atoms with Crippen LogP contribution in [-0.4, -0.2) is 5.97 Å². The predicted molar refractivity (Wildman–Crippen MR) is 142 cm³/mol. The number of rotatable bonds is 11. The minimum Gasteiger partial charge on any atom is -0.485 e. The van der Waals surface area contributed by atoms with Gasteiger partial charge in [0.25, 0.3) is 0 Å². The Bertz CT molecular complexity index is 1220. The van der Waals surface area contributed by atoms with E-state index in [1.54, 1.807) is 18.2 Å². The van der Waals surface area contributed by atoms with Crippen molar-refractivity contribution in [3.8, 4) is 11.5 Å². The summed E-state index contributed by atoms with van der Waals surface area (Å²) in [7, 11) is 0. The van der Waals surface area contributed by atoms with Gasteiger partial charge in [-0.2, -0.15) is 0 Å². The molecule has 0 aliphatic carbocycles. The molecule has 4 nitrogen and oxygen atoms in total. The molecular weight excluding hydrogens is 448 g/mol. The van der Waals surface area contributed by atoms with Crippen molar-refractivity contribution >= 4 is 5.97 Å². The molecule has 0 aliphatic heterocycles. The fourth-order valence-corrected chi connectivity index (χ4v) is 3.89. The van der Waals surface area contributed by atoms with E-state index >= 15 is 0 Å². The van der Waals surface area contributed by atoms with Gasteiger partial charge in [-0.25, -0.2) is 4.79 Å². The average molecular weight is 481 g/mol. The number of benzene rings is 4. The SMILES string of the molecule is CC[C@H](C)[C@@H](OC(=O)c1ccc(OCc2ccccc2)c(OCc2ccccc2)c1)c1ccccc1. The van der Waals surface area contributed by atoms with Crippen LogP contribution in [-0.2, 0) is 18.0 Å². The lowest BCUT2D eigenvalue weighted by Gasteiger charge is -2.24. The molecule has 4 heteroatoms. The monoisotopic (exact) mass is 480 g/mol. The molecule has 0 unspecified atom stereocenters. The number of carbonyl (C=O) groups is 1. The van der Waals surface area contributed by atoms with E-state index in [2.05, 4.69) is 13.8 Å².